The molecule has 0 unspecified atom stereocenters. The van der Waals surface area contributed by atoms with Gasteiger partial charge in [0.1, 0.15) is 0 Å². The van der Waals surface area contributed by atoms with Crippen molar-refractivity contribution in [2.45, 2.75) is 20.0 Å². The third-order valence-electron chi connectivity index (χ3n) is 0. The van der Waals surface area contributed by atoms with E-state index < -0.39 is 0 Å². The van der Waals surface area contributed by atoms with Gasteiger partial charge >= 0.3 is 0 Å². The molecule has 7 heavy (non-hydrogen) atoms. The van der Waals surface area contributed by atoms with E-state index in [0.717, 1.165) is 7.11 Å². The molecule has 0 saturated carbocycles. The predicted molar refractivity (Wildman–Crippen MR) is 32.7 cm³/mol. The van der Waals surface area contributed by atoms with E-state index in [2.05, 4.69) is 0 Å². The molecule has 3 heteroatoms. The summed E-state index contributed by atoms with van der Waals surface area (Å²) >= 11 is 0. The first-order chi connectivity index (χ1) is 2.73. The van der Waals surface area contributed by atoms with Gasteiger partial charge in [-0.2, -0.15) is 0 Å². The molecule has 0 aromatic carbocycles. The van der Waals surface area contributed by atoms with E-state index in [0.29, 0.717) is 0 Å². The highest BCUT2D eigenvalue weighted by Crippen LogP contribution is 1.65. The van der Waals surface area contributed by atoms with Gasteiger partial charge in [-0.3, -0.25) is 0 Å². The molecule has 2 nitrogen and oxygen atoms in total. The van der Waals surface area contributed by atoms with Crippen molar-refractivity contribution < 1.29 is 10.2 Å². The lowest BCUT2D eigenvalue weighted by molar-refractivity contribution is 0.216. The van der Waals surface area contributed by atoms with Crippen LogP contribution in [0.5, 0.6) is 0 Å². The molecule has 0 aromatic heterocycles. The molecule has 0 aliphatic heterocycles. The Morgan fingerprint density at radius 3 is 1.14 bits per heavy atom. The summed E-state index contributed by atoms with van der Waals surface area (Å²) in [5, 5.41) is 15.1. The summed E-state index contributed by atoms with van der Waals surface area (Å²) in [6, 6.07) is 0. The van der Waals surface area contributed by atoms with Gasteiger partial charge in [0, 0.05) is 13.2 Å². The quantitative estimate of drug-likeness (QED) is 0.497. The van der Waals surface area contributed by atoms with Gasteiger partial charge in [-0.25, -0.2) is 0 Å². The van der Waals surface area contributed by atoms with Gasteiger partial charge in [0.15, 0.2) is 0 Å². The van der Waals surface area contributed by atoms with Crippen LogP contribution in [0.3, 0.4) is 0 Å². The van der Waals surface area contributed by atoms with Crippen LogP contribution in [0.25, 0.3) is 0 Å². The van der Waals surface area contributed by atoms with E-state index in [9.17, 15) is 0 Å². The highest BCUT2D eigenvalue weighted by atomic mass is 35.5. The zero-order valence-corrected chi connectivity index (χ0v) is 5.70. The van der Waals surface area contributed by atoms with Gasteiger partial charge in [0.05, 0.1) is 0 Å². The Morgan fingerprint density at radius 1 is 1.14 bits per heavy atom. The average Bonchev–Trinajstić information content (AvgIpc) is 1.41. The van der Waals surface area contributed by atoms with Crippen LogP contribution in [-0.2, 0) is 0 Å². The molecule has 48 valence electrons. The molecule has 0 aliphatic carbocycles. The van der Waals surface area contributed by atoms with Crippen molar-refractivity contribution in [2.24, 2.45) is 0 Å². The predicted octanol–water partition coefficient (Wildman–Crippen LogP) is 0.417. The summed E-state index contributed by atoms with van der Waals surface area (Å²) in [6.45, 7) is 3.44. The second kappa shape index (κ2) is 16.4. The Balaban J connectivity index is -0.0000000480. The molecule has 0 aromatic rings. The lowest BCUT2D eigenvalue weighted by Gasteiger charge is -1.80. The van der Waals surface area contributed by atoms with Crippen molar-refractivity contribution in [3.8, 4) is 0 Å². The van der Waals surface area contributed by atoms with E-state index in [-0.39, 0.29) is 18.5 Å². The number of aliphatic hydroxyl groups is 2. The molecule has 0 saturated heterocycles. The maximum atomic E-state index is 8.06. The topological polar surface area (TPSA) is 40.5 Å². The highest BCUT2D eigenvalue weighted by molar-refractivity contribution is 5.85. The standard InChI is InChI=1S/C3H8O.CH4O.ClH/c1-3(2)4;1-2;/h3-4H,1-2H3;2H,1H3;1H. The summed E-state index contributed by atoms with van der Waals surface area (Å²) in [5.41, 5.74) is 0. The van der Waals surface area contributed by atoms with Crippen LogP contribution in [-0.4, -0.2) is 23.4 Å². The fourth-order valence-corrected chi connectivity index (χ4v) is 0. The van der Waals surface area contributed by atoms with Gasteiger partial charge in [-0.05, 0) is 13.8 Å². The first kappa shape index (κ1) is 15.7. The monoisotopic (exact) mass is 128 g/mol. The Hall–Kier alpha value is 0.210. The van der Waals surface area contributed by atoms with Gasteiger partial charge < -0.3 is 10.2 Å². The Bertz CT molecular complexity index is 14.4. The van der Waals surface area contributed by atoms with Crippen molar-refractivity contribution >= 4 is 12.4 Å². The first-order valence-electron chi connectivity index (χ1n) is 1.86. The van der Waals surface area contributed by atoms with Crippen molar-refractivity contribution in [3.63, 3.8) is 0 Å². The first-order valence-corrected chi connectivity index (χ1v) is 1.86. The maximum absolute atomic E-state index is 8.06. The molecular formula is C4H13ClO2. The van der Waals surface area contributed by atoms with Crippen LogP contribution in [0.4, 0.5) is 0 Å². The van der Waals surface area contributed by atoms with E-state index in [1.165, 1.54) is 0 Å². The molecule has 0 amide bonds. The van der Waals surface area contributed by atoms with E-state index >= 15 is 0 Å². The smallest absolute Gasteiger partial charge is 0.0483 e. The summed E-state index contributed by atoms with van der Waals surface area (Å²) in [7, 11) is 1.00. The average molecular weight is 129 g/mol. The maximum Gasteiger partial charge on any atom is 0.0483 e. The SMILES string of the molecule is CC(C)O.CO.Cl. The van der Waals surface area contributed by atoms with Crippen molar-refractivity contribution in [3.05, 3.63) is 0 Å². The van der Waals surface area contributed by atoms with Crippen molar-refractivity contribution in [1.82, 2.24) is 0 Å². The number of hydrogen-bond acceptors (Lipinski definition) is 2. The molecular weight excluding hydrogens is 115 g/mol. The van der Waals surface area contributed by atoms with Crippen LogP contribution in [0.1, 0.15) is 13.8 Å². The molecule has 0 radical (unpaired) electrons. The zero-order chi connectivity index (χ0) is 5.58. The lowest BCUT2D eigenvalue weighted by atomic mass is 10.5. The van der Waals surface area contributed by atoms with Crippen molar-refractivity contribution in [2.75, 3.05) is 7.11 Å². The van der Waals surface area contributed by atoms with Gasteiger partial charge in [0.2, 0.25) is 0 Å². The Morgan fingerprint density at radius 2 is 1.14 bits per heavy atom. The molecule has 0 fully saturated rings. The summed E-state index contributed by atoms with van der Waals surface area (Å²) in [5.74, 6) is 0. The number of halogens is 1. The molecule has 0 atom stereocenters. The largest absolute Gasteiger partial charge is 0.400 e. The summed E-state index contributed by atoms with van der Waals surface area (Å²) in [6.07, 6.45) is -0.167. The lowest BCUT2D eigenvalue weighted by Crippen LogP contribution is -1.85. The third-order valence-corrected chi connectivity index (χ3v) is 0. The van der Waals surface area contributed by atoms with Crippen LogP contribution >= 0.6 is 12.4 Å². The van der Waals surface area contributed by atoms with Crippen LogP contribution in [0.2, 0.25) is 0 Å². The fourth-order valence-electron chi connectivity index (χ4n) is 0. The highest BCUT2D eigenvalue weighted by Gasteiger charge is 1.69. The molecule has 0 aliphatic rings. The van der Waals surface area contributed by atoms with Gasteiger partial charge in [-0.1, -0.05) is 0 Å². The molecule has 0 heterocycles. The van der Waals surface area contributed by atoms with Gasteiger partial charge in [0.25, 0.3) is 0 Å². The van der Waals surface area contributed by atoms with E-state index in [4.69, 9.17) is 10.2 Å². The molecule has 0 rings (SSSR count). The Kier molecular flexibility index (Phi) is 36.7. The normalized spacial score (nSPS) is 6.00. The van der Waals surface area contributed by atoms with E-state index in [1.807, 2.05) is 0 Å². The number of hydrogen-bond donors (Lipinski definition) is 2. The van der Waals surface area contributed by atoms with Crippen LogP contribution in [0, 0.1) is 0 Å². The molecule has 0 bridgehead atoms. The summed E-state index contributed by atoms with van der Waals surface area (Å²) in [4.78, 5) is 0. The molecule has 0 spiro atoms. The second-order valence-corrected chi connectivity index (χ2v) is 1.09. The second-order valence-electron chi connectivity index (χ2n) is 1.09. The minimum atomic E-state index is -0.167. The zero-order valence-electron chi connectivity index (χ0n) is 4.88. The minimum absolute atomic E-state index is 0. The van der Waals surface area contributed by atoms with Crippen LogP contribution < -0.4 is 0 Å². The van der Waals surface area contributed by atoms with Gasteiger partial charge in [-0.15, -0.1) is 12.4 Å². The Labute approximate surface area is 50.6 Å². The fraction of sp³-hybridized carbons (Fsp3) is 1.00. The van der Waals surface area contributed by atoms with Crippen LogP contribution in [0.15, 0.2) is 0 Å². The third kappa shape index (κ3) is 2500. The molecule has 2 N–H and O–H groups in total. The van der Waals surface area contributed by atoms with E-state index in [1.54, 1.807) is 13.8 Å². The minimum Gasteiger partial charge on any atom is -0.400 e. The number of aliphatic hydroxyl groups excluding tert-OH is 2. The van der Waals surface area contributed by atoms with Crippen molar-refractivity contribution in [1.29, 1.82) is 0 Å². The number of rotatable bonds is 0. The summed E-state index contributed by atoms with van der Waals surface area (Å²) < 4.78 is 0.